The number of unbranched alkanes of at least 4 members (excludes halogenated alkanes) is 2. The molecule has 0 saturated carbocycles. The highest BCUT2D eigenvalue weighted by Gasteiger charge is 2.23. The Morgan fingerprint density at radius 1 is 1.04 bits per heavy atom. The molecule has 3 aromatic rings. The first kappa shape index (κ1) is 36.7. The highest BCUT2D eigenvalue weighted by atomic mass is 32.1. The van der Waals surface area contributed by atoms with E-state index in [-0.39, 0.29) is 17.2 Å². The largest absolute Gasteiger partial charge is 0.476 e. The number of azo groups is 1. The molecular weight excluding hydrogens is 593 g/mol. The summed E-state index contributed by atoms with van der Waals surface area (Å²) in [6.45, 7) is 17.3. The molecule has 0 aliphatic carbocycles. The van der Waals surface area contributed by atoms with Gasteiger partial charge in [-0.25, -0.2) is 0 Å². The normalized spacial score (nSPS) is 12.2. The second kappa shape index (κ2) is 18.4. The van der Waals surface area contributed by atoms with E-state index in [1.165, 1.54) is 18.4 Å². The third-order valence-corrected chi connectivity index (χ3v) is 9.36. The minimum absolute atomic E-state index is 0.0469. The smallest absolute Gasteiger partial charge is 0.253 e. The molecule has 248 valence electrons. The van der Waals surface area contributed by atoms with Gasteiger partial charge in [0.1, 0.15) is 6.07 Å². The van der Waals surface area contributed by atoms with Crippen LogP contribution in [0.3, 0.4) is 0 Å². The Morgan fingerprint density at radius 3 is 2.48 bits per heavy atom. The second-order valence-electron chi connectivity index (χ2n) is 12.4. The molecule has 1 amide bonds. The van der Waals surface area contributed by atoms with Crippen LogP contribution in [-0.2, 0) is 5.41 Å². The van der Waals surface area contributed by atoms with Crippen molar-refractivity contribution >= 4 is 39.4 Å². The van der Waals surface area contributed by atoms with E-state index in [9.17, 15) is 10.1 Å². The molecule has 0 bridgehead atoms. The van der Waals surface area contributed by atoms with Crippen molar-refractivity contribution in [2.75, 3.05) is 24.6 Å². The van der Waals surface area contributed by atoms with E-state index >= 15 is 0 Å². The van der Waals surface area contributed by atoms with E-state index in [4.69, 9.17) is 4.74 Å². The first-order valence-electron chi connectivity index (χ1n) is 17.0. The summed E-state index contributed by atoms with van der Waals surface area (Å²) in [5.41, 5.74) is 4.30. The maximum Gasteiger partial charge on any atom is 0.253 e. The Balaban J connectivity index is 2.10. The van der Waals surface area contributed by atoms with Crippen LogP contribution in [0.5, 0.6) is 5.88 Å². The number of hydrogen-bond donors (Lipinski definition) is 1. The van der Waals surface area contributed by atoms with Crippen molar-refractivity contribution in [1.82, 2.24) is 10.3 Å². The SMILES string of the molecule is CCCCNC(=O)c1cc(N(CC(CC)CCCC)c2cccc(C(C)(C)CC)c2)ccc1N=Nc1nc(OCCC)c(C#N)s1. The maximum absolute atomic E-state index is 13.6. The van der Waals surface area contributed by atoms with Gasteiger partial charge in [0.15, 0.2) is 4.88 Å². The van der Waals surface area contributed by atoms with Crippen LogP contribution in [0.4, 0.5) is 22.2 Å². The molecule has 0 fully saturated rings. The highest BCUT2D eigenvalue weighted by molar-refractivity contribution is 7.16. The number of nitrogens with zero attached hydrogens (tertiary/aromatic N) is 5. The van der Waals surface area contributed by atoms with Crippen molar-refractivity contribution in [2.45, 2.75) is 105 Å². The molecule has 1 heterocycles. The number of anilines is 2. The number of aromatic nitrogens is 1. The Hall–Kier alpha value is -3.77. The fourth-order valence-electron chi connectivity index (χ4n) is 5.07. The third kappa shape index (κ3) is 10.1. The molecule has 0 radical (unpaired) electrons. The Morgan fingerprint density at radius 2 is 1.80 bits per heavy atom. The van der Waals surface area contributed by atoms with Crippen molar-refractivity contribution in [3.63, 3.8) is 0 Å². The molecule has 46 heavy (non-hydrogen) atoms. The average Bonchev–Trinajstić information content (AvgIpc) is 3.48. The molecule has 1 unspecified atom stereocenters. The molecule has 9 heteroatoms. The van der Waals surface area contributed by atoms with Gasteiger partial charge in [-0.15, -0.1) is 10.2 Å². The van der Waals surface area contributed by atoms with Gasteiger partial charge in [-0.05, 0) is 72.9 Å². The summed E-state index contributed by atoms with van der Waals surface area (Å²) in [4.78, 5) is 20.7. The van der Waals surface area contributed by atoms with Gasteiger partial charge >= 0.3 is 0 Å². The first-order valence-corrected chi connectivity index (χ1v) is 17.8. The quantitative estimate of drug-likeness (QED) is 0.103. The zero-order chi connectivity index (χ0) is 33.5. The van der Waals surface area contributed by atoms with E-state index in [1.807, 2.05) is 25.1 Å². The lowest BCUT2D eigenvalue weighted by atomic mass is 9.82. The number of amides is 1. The minimum atomic E-state index is -0.188. The van der Waals surface area contributed by atoms with Crippen molar-refractivity contribution < 1.29 is 9.53 Å². The molecule has 1 N–H and O–H groups in total. The molecule has 0 saturated heterocycles. The van der Waals surface area contributed by atoms with Crippen LogP contribution in [-0.4, -0.2) is 30.6 Å². The molecular formula is C37H52N6O2S. The summed E-state index contributed by atoms with van der Waals surface area (Å²) >= 11 is 1.12. The van der Waals surface area contributed by atoms with Gasteiger partial charge in [0.05, 0.1) is 17.9 Å². The lowest BCUT2D eigenvalue weighted by Gasteiger charge is -2.32. The fourth-order valence-corrected chi connectivity index (χ4v) is 5.70. The summed E-state index contributed by atoms with van der Waals surface area (Å²) in [5, 5.41) is 21.7. The van der Waals surface area contributed by atoms with Crippen LogP contribution >= 0.6 is 11.3 Å². The number of carbonyl (C=O) groups is 1. The highest BCUT2D eigenvalue weighted by Crippen LogP contribution is 2.37. The molecule has 2 aromatic carbocycles. The molecule has 0 spiro atoms. The predicted molar refractivity (Wildman–Crippen MR) is 191 cm³/mol. The number of rotatable bonds is 19. The molecule has 8 nitrogen and oxygen atoms in total. The Kier molecular flexibility index (Phi) is 14.7. The topological polar surface area (TPSA) is 103 Å². The predicted octanol–water partition coefficient (Wildman–Crippen LogP) is 10.8. The lowest BCUT2D eigenvalue weighted by molar-refractivity contribution is 0.0954. The van der Waals surface area contributed by atoms with E-state index in [2.05, 4.69) is 97.3 Å². The van der Waals surface area contributed by atoms with Crippen LogP contribution in [0.1, 0.15) is 121 Å². The number of hydrogen-bond acceptors (Lipinski definition) is 8. The van der Waals surface area contributed by atoms with Crippen LogP contribution < -0.4 is 15.0 Å². The second-order valence-corrected chi connectivity index (χ2v) is 13.4. The first-order chi connectivity index (χ1) is 22.2. The van der Waals surface area contributed by atoms with Crippen molar-refractivity contribution in [2.24, 2.45) is 16.1 Å². The van der Waals surface area contributed by atoms with Gasteiger partial charge < -0.3 is 15.0 Å². The third-order valence-electron chi connectivity index (χ3n) is 8.53. The molecule has 0 aliphatic heterocycles. The van der Waals surface area contributed by atoms with Crippen molar-refractivity contribution in [3.05, 3.63) is 58.5 Å². The number of nitrogens with one attached hydrogen (secondary N) is 1. The van der Waals surface area contributed by atoms with Crippen LogP contribution in [0.2, 0.25) is 0 Å². The van der Waals surface area contributed by atoms with Crippen LogP contribution in [0.15, 0.2) is 52.7 Å². The fraction of sp³-hybridized carbons (Fsp3) is 0.541. The van der Waals surface area contributed by atoms with Crippen molar-refractivity contribution in [1.29, 1.82) is 5.26 Å². The summed E-state index contributed by atoms with van der Waals surface area (Å²) in [7, 11) is 0. The Labute approximate surface area is 280 Å². The Bertz CT molecular complexity index is 1470. The number of ether oxygens (including phenoxy) is 1. The molecule has 1 aromatic heterocycles. The summed E-state index contributed by atoms with van der Waals surface area (Å²) < 4.78 is 5.62. The van der Waals surface area contributed by atoms with Gasteiger partial charge in [-0.1, -0.05) is 97.6 Å². The van der Waals surface area contributed by atoms with E-state index in [1.54, 1.807) is 0 Å². The van der Waals surface area contributed by atoms with Gasteiger partial charge in [-0.3, -0.25) is 4.79 Å². The van der Waals surface area contributed by atoms with Gasteiger partial charge in [0.2, 0.25) is 11.0 Å². The van der Waals surface area contributed by atoms with E-state index in [0.29, 0.717) is 40.3 Å². The van der Waals surface area contributed by atoms with Gasteiger partial charge in [-0.2, -0.15) is 10.2 Å². The number of benzene rings is 2. The monoisotopic (exact) mass is 644 g/mol. The number of carbonyl (C=O) groups excluding carboxylic acids is 1. The maximum atomic E-state index is 13.6. The standard InChI is InChI=1S/C37H52N6O2S/c1-8-13-16-27(11-4)26-43(29-18-15-17-28(23-29)37(6,7)12-5)30-19-20-32(31(24-30)34(44)39-21-14-9-2)41-42-36-40-35(45-22-10-3)33(25-38)46-36/h15,17-20,23-24,27H,8-14,16,21-22,26H2,1-7H3,(H,39,44). The van der Waals surface area contributed by atoms with Crippen LogP contribution in [0.25, 0.3) is 0 Å². The summed E-state index contributed by atoms with van der Waals surface area (Å²) in [6.07, 6.45) is 8.30. The van der Waals surface area contributed by atoms with Crippen LogP contribution in [0, 0.1) is 17.2 Å². The summed E-state index contributed by atoms with van der Waals surface area (Å²) in [5.74, 6) is 0.591. The number of nitriles is 1. The average molecular weight is 645 g/mol. The zero-order valence-electron chi connectivity index (χ0n) is 28.9. The zero-order valence-corrected chi connectivity index (χ0v) is 29.7. The molecule has 3 rings (SSSR count). The van der Waals surface area contributed by atoms with Gasteiger partial charge in [0.25, 0.3) is 5.91 Å². The summed E-state index contributed by atoms with van der Waals surface area (Å²) in [6, 6.07) is 16.8. The number of thiazole rings is 1. The van der Waals surface area contributed by atoms with E-state index in [0.717, 1.165) is 67.8 Å². The molecule has 0 aliphatic rings. The van der Waals surface area contributed by atoms with Gasteiger partial charge in [0, 0.05) is 24.5 Å². The lowest BCUT2D eigenvalue weighted by Crippen LogP contribution is -2.27. The molecule has 1 atom stereocenters. The van der Waals surface area contributed by atoms with E-state index < -0.39 is 0 Å². The minimum Gasteiger partial charge on any atom is -0.476 e. The van der Waals surface area contributed by atoms with Crippen molar-refractivity contribution in [3.8, 4) is 11.9 Å².